The van der Waals surface area contributed by atoms with E-state index < -0.39 is 10.0 Å². The van der Waals surface area contributed by atoms with E-state index in [1.165, 1.54) is 16.2 Å². The number of anilines is 1. The normalized spacial score (nSPS) is 19.9. The van der Waals surface area contributed by atoms with Crippen molar-refractivity contribution in [1.82, 2.24) is 13.9 Å². The molecular weight excluding hydrogens is 380 g/mol. The average Bonchev–Trinajstić information content (AvgIpc) is 3.11. The molecule has 0 bridgehead atoms. The van der Waals surface area contributed by atoms with Crippen molar-refractivity contribution in [3.05, 3.63) is 41.9 Å². The number of benzene rings is 1. The number of sulfonamides is 1. The minimum Gasteiger partial charge on any atom is -0.351 e. The van der Waals surface area contributed by atoms with E-state index >= 15 is 0 Å². The van der Waals surface area contributed by atoms with E-state index in [9.17, 15) is 8.42 Å². The molecule has 28 heavy (non-hydrogen) atoms. The molecule has 4 rings (SSSR count). The van der Waals surface area contributed by atoms with Crippen LogP contribution in [0.4, 0.5) is 5.69 Å². The highest BCUT2D eigenvalue weighted by Crippen LogP contribution is 2.30. The molecule has 1 aromatic carbocycles. The lowest BCUT2D eigenvalue weighted by Crippen LogP contribution is -2.48. The molecule has 0 saturated carbocycles. The molecule has 2 aliphatic rings. The number of fused-ring (bicyclic) bond motifs is 1. The summed E-state index contributed by atoms with van der Waals surface area (Å²) in [7, 11) is -1.78. The molecule has 1 saturated heterocycles. The number of nitrogens with zero attached hydrogens (tertiary/aromatic N) is 4. The Kier molecular flexibility index (Phi) is 5.42. The van der Waals surface area contributed by atoms with Crippen LogP contribution in [0.25, 0.3) is 0 Å². The third kappa shape index (κ3) is 3.80. The maximum atomic E-state index is 12.8. The molecule has 1 fully saturated rings. The summed E-state index contributed by atoms with van der Waals surface area (Å²) in [5, 5.41) is 0.112. The van der Waals surface area contributed by atoms with Crippen molar-refractivity contribution in [2.45, 2.75) is 37.4 Å². The van der Waals surface area contributed by atoms with Gasteiger partial charge in [-0.3, -0.25) is 0 Å². The molecule has 0 atom stereocenters. The SMILES string of the molecule is Cc1ccc2c(c1)COCOCN2C1CCN(S(=O)(=O)c2cn(C)cn2)CC1. The van der Waals surface area contributed by atoms with Gasteiger partial charge in [-0.1, -0.05) is 17.7 Å². The zero-order chi connectivity index (χ0) is 19.7. The zero-order valence-corrected chi connectivity index (χ0v) is 17.1. The van der Waals surface area contributed by atoms with Crippen molar-refractivity contribution >= 4 is 15.7 Å². The van der Waals surface area contributed by atoms with Crippen molar-refractivity contribution < 1.29 is 17.9 Å². The third-order valence-electron chi connectivity index (χ3n) is 5.35. The largest absolute Gasteiger partial charge is 0.351 e. The van der Waals surface area contributed by atoms with Gasteiger partial charge >= 0.3 is 0 Å². The monoisotopic (exact) mass is 406 g/mol. The smallest absolute Gasteiger partial charge is 0.262 e. The van der Waals surface area contributed by atoms with E-state index in [0.29, 0.717) is 26.4 Å². The van der Waals surface area contributed by atoms with E-state index in [4.69, 9.17) is 9.47 Å². The first-order valence-corrected chi connectivity index (χ1v) is 10.9. The van der Waals surface area contributed by atoms with Crippen LogP contribution >= 0.6 is 0 Å². The van der Waals surface area contributed by atoms with Gasteiger partial charge in [0.05, 0.1) is 12.9 Å². The number of rotatable bonds is 3. The predicted octanol–water partition coefficient (Wildman–Crippen LogP) is 1.85. The second-order valence-corrected chi connectivity index (χ2v) is 9.30. The van der Waals surface area contributed by atoms with Gasteiger partial charge < -0.3 is 18.9 Å². The lowest BCUT2D eigenvalue weighted by atomic mass is 10.0. The molecule has 0 unspecified atom stereocenters. The van der Waals surface area contributed by atoms with Gasteiger partial charge in [-0.2, -0.15) is 4.31 Å². The Morgan fingerprint density at radius 3 is 2.68 bits per heavy atom. The van der Waals surface area contributed by atoms with Crippen LogP contribution in [0.15, 0.2) is 35.7 Å². The van der Waals surface area contributed by atoms with Crippen LogP contribution in [0.1, 0.15) is 24.0 Å². The molecule has 0 spiro atoms. The number of hydrogen-bond acceptors (Lipinski definition) is 6. The van der Waals surface area contributed by atoms with E-state index in [1.54, 1.807) is 17.8 Å². The molecule has 0 amide bonds. The van der Waals surface area contributed by atoms with Crippen LogP contribution in [0.5, 0.6) is 0 Å². The number of aryl methyl sites for hydroxylation is 2. The van der Waals surface area contributed by atoms with E-state index in [2.05, 4.69) is 35.0 Å². The fraction of sp³-hybridized carbons (Fsp3) is 0.526. The quantitative estimate of drug-likeness (QED) is 0.774. The topological polar surface area (TPSA) is 76.9 Å². The van der Waals surface area contributed by atoms with Crippen LogP contribution in [0.3, 0.4) is 0 Å². The summed E-state index contributed by atoms with van der Waals surface area (Å²) < 4.78 is 40.0. The number of aromatic nitrogens is 2. The van der Waals surface area contributed by atoms with Crippen LogP contribution < -0.4 is 4.90 Å². The first-order chi connectivity index (χ1) is 13.4. The molecule has 152 valence electrons. The standard InChI is InChI=1S/C19H26N4O4S/c1-15-3-4-18-16(9-15)11-26-14-27-13-23(18)17-5-7-22(8-6-17)28(24,25)19-10-21(2)12-20-19/h3-4,9-10,12,17H,5-8,11,13-14H2,1-2H3. The highest BCUT2D eigenvalue weighted by atomic mass is 32.2. The van der Waals surface area contributed by atoms with Gasteiger partial charge in [0, 0.05) is 43.6 Å². The maximum Gasteiger partial charge on any atom is 0.262 e. The first kappa shape index (κ1) is 19.4. The summed E-state index contributed by atoms with van der Waals surface area (Å²) in [6, 6.07) is 6.57. The predicted molar refractivity (Wildman–Crippen MR) is 104 cm³/mol. The fourth-order valence-electron chi connectivity index (χ4n) is 3.88. The molecule has 0 N–H and O–H groups in total. The number of imidazole rings is 1. The Balaban J connectivity index is 1.51. The summed E-state index contributed by atoms with van der Waals surface area (Å²) >= 11 is 0. The van der Waals surface area contributed by atoms with Gasteiger partial charge in [0.15, 0.2) is 5.03 Å². The van der Waals surface area contributed by atoms with Crippen LogP contribution in [-0.4, -0.2) is 54.9 Å². The Labute approximate surface area is 165 Å². The van der Waals surface area contributed by atoms with Gasteiger partial charge in [-0.25, -0.2) is 13.4 Å². The van der Waals surface area contributed by atoms with Gasteiger partial charge in [0.2, 0.25) is 0 Å². The van der Waals surface area contributed by atoms with Gasteiger partial charge in [0.1, 0.15) is 13.5 Å². The maximum absolute atomic E-state index is 12.8. The first-order valence-electron chi connectivity index (χ1n) is 9.45. The van der Waals surface area contributed by atoms with E-state index in [-0.39, 0.29) is 17.9 Å². The van der Waals surface area contributed by atoms with Crippen LogP contribution in [0, 0.1) is 6.92 Å². The van der Waals surface area contributed by atoms with Gasteiger partial charge in [-0.05, 0) is 25.8 Å². The van der Waals surface area contributed by atoms with Crippen molar-refractivity contribution in [3.63, 3.8) is 0 Å². The van der Waals surface area contributed by atoms with Gasteiger partial charge in [0.25, 0.3) is 10.0 Å². The van der Waals surface area contributed by atoms with Crippen LogP contribution in [0.2, 0.25) is 0 Å². The van der Waals surface area contributed by atoms with E-state index in [0.717, 1.165) is 24.1 Å². The Morgan fingerprint density at radius 1 is 1.18 bits per heavy atom. The lowest BCUT2D eigenvalue weighted by molar-refractivity contribution is -0.0668. The number of ether oxygens (including phenoxy) is 2. The van der Waals surface area contributed by atoms with Crippen molar-refractivity contribution in [2.24, 2.45) is 7.05 Å². The zero-order valence-electron chi connectivity index (χ0n) is 16.2. The number of hydrogen-bond donors (Lipinski definition) is 0. The second-order valence-electron chi connectivity index (χ2n) is 7.41. The highest BCUT2D eigenvalue weighted by Gasteiger charge is 2.33. The molecule has 0 radical (unpaired) electrons. The van der Waals surface area contributed by atoms with Crippen molar-refractivity contribution in [1.29, 1.82) is 0 Å². The fourth-order valence-corrected chi connectivity index (χ4v) is 5.31. The summed E-state index contributed by atoms with van der Waals surface area (Å²) in [5.41, 5.74) is 3.45. The van der Waals surface area contributed by atoms with Crippen molar-refractivity contribution in [2.75, 3.05) is 31.5 Å². The number of piperidine rings is 1. The van der Waals surface area contributed by atoms with Gasteiger partial charge in [-0.15, -0.1) is 0 Å². The molecule has 1 aromatic heterocycles. The summed E-state index contributed by atoms with van der Waals surface area (Å²) in [5.74, 6) is 0. The van der Waals surface area contributed by atoms with Crippen molar-refractivity contribution in [3.8, 4) is 0 Å². The summed E-state index contributed by atoms with van der Waals surface area (Å²) in [6.07, 6.45) is 4.54. The molecule has 2 aromatic rings. The van der Waals surface area contributed by atoms with Crippen LogP contribution in [-0.2, 0) is 33.2 Å². The summed E-state index contributed by atoms with van der Waals surface area (Å²) in [6.45, 7) is 4.22. The van der Waals surface area contributed by atoms with E-state index in [1.807, 2.05) is 0 Å². The molecule has 2 aliphatic heterocycles. The Hall–Kier alpha value is -1.94. The molecular formula is C19H26N4O4S. The second kappa shape index (κ2) is 7.82. The Morgan fingerprint density at radius 2 is 1.96 bits per heavy atom. The lowest BCUT2D eigenvalue weighted by Gasteiger charge is -2.40. The summed E-state index contributed by atoms with van der Waals surface area (Å²) in [4.78, 5) is 6.27. The minimum absolute atomic E-state index is 0.112. The minimum atomic E-state index is -3.54. The molecule has 8 nitrogen and oxygen atoms in total. The molecule has 3 heterocycles. The Bertz CT molecular complexity index is 935. The molecule has 9 heteroatoms. The molecule has 0 aliphatic carbocycles. The third-order valence-corrected chi connectivity index (χ3v) is 7.13. The highest BCUT2D eigenvalue weighted by molar-refractivity contribution is 7.89. The average molecular weight is 407 g/mol.